The third-order valence-corrected chi connectivity index (χ3v) is 4.17. The van der Waals surface area contributed by atoms with Crippen LogP contribution in [-0.4, -0.2) is 40.2 Å². The Morgan fingerprint density at radius 3 is 2.73 bits per heavy atom. The molecule has 22 heavy (non-hydrogen) atoms. The molecule has 116 valence electrons. The van der Waals surface area contributed by atoms with E-state index >= 15 is 0 Å². The van der Waals surface area contributed by atoms with Crippen LogP contribution in [0, 0.1) is 0 Å². The van der Waals surface area contributed by atoms with Gasteiger partial charge in [0.05, 0.1) is 6.10 Å². The number of β-amino-alcohol motifs (C(OH)–C–C–N with tert-alkyl or cyclic N) is 1. The zero-order chi connectivity index (χ0) is 15.2. The molecule has 1 aliphatic rings. The minimum absolute atomic E-state index is 0.214. The first-order valence-electron chi connectivity index (χ1n) is 7.87. The van der Waals surface area contributed by atoms with Crippen molar-refractivity contribution < 1.29 is 5.11 Å². The molecule has 1 saturated heterocycles. The highest BCUT2D eigenvalue weighted by molar-refractivity contribution is 5.15. The minimum Gasteiger partial charge on any atom is -0.392 e. The summed E-state index contributed by atoms with van der Waals surface area (Å²) in [4.78, 5) is 6.50. The van der Waals surface area contributed by atoms with Crippen LogP contribution in [-0.2, 0) is 13.1 Å². The number of aliphatic hydroxyl groups excluding tert-OH is 1. The van der Waals surface area contributed by atoms with Crippen molar-refractivity contribution in [2.45, 2.75) is 31.7 Å². The highest BCUT2D eigenvalue weighted by atomic mass is 16.3. The van der Waals surface area contributed by atoms with E-state index in [1.165, 1.54) is 11.1 Å². The van der Waals surface area contributed by atoms with Crippen molar-refractivity contribution in [3.8, 4) is 0 Å². The van der Waals surface area contributed by atoms with Crippen LogP contribution in [0.5, 0.6) is 0 Å². The molecule has 1 aromatic carbocycles. The number of rotatable bonds is 6. The Hall–Kier alpha value is -1.75. The van der Waals surface area contributed by atoms with Gasteiger partial charge < -0.3 is 10.4 Å². The van der Waals surface area contributed by atoms with Crippen molar-refractivity contribution in [2.75, 3.05) is 13.1 Å². The molecule has 0 radical (unpaired) electrons. The number of hydrogen-bond donors (Lipinski definition) is 2. The number of hydrogen-bond acceptors (Lipinski definition) is 4. The first kappa shape index (κ1) is 15.2. The second-order valence-corrected chi connectivity index (χ2v) is 5.95. The smallest absolute Gasteiger partial charge is 0.0682 e. The number of nitrogens with one attached hydrogen (secondary N) is 1. The molecule has 1 aliphatic heterocycles. The van der Waals surface area contributed by atoms with E-state index in [1.54, 1.807) is 6.20 Å². The predicted octanol–water partition coefficient (Wildman–Crippen LogP) is 1.81. The minimum atomic E-state index is -0.214. The Kier molecular flexibility index (Phi) is 5.16. The van der Waals surface area contributed by atoms with Crippen molar-refractivity contribution in [1.29, 1.82) is 0 Å². The number of aromatic nitrogens is 1. The van der Waals surface area contributed by atoms with Crippen LogP contribution in [0.15, 0.2) is 54.9 Å². The zero-order valence-electron chi connectivity index (χ0n) is 12.7. The fourth-order valence-corrected chi connectivity index (χ4v) is 3.07. The molecule has 0 amide bonds. The summed E-state index contributed by atoms with van der Waals surface area (Å²) in [5.74, 6) is 0. The van der Waals surface area contributed by atoms with Gasteiger partial charge in [0.15, 0.2) is 0 Å². The molecule has 2 N–H and O–H groups in total. The van der Waals surface area contributed by atoms with Gasteiger partial charge in [0.25, 0.3) is 0 Å². The Labute approximate surface area is 131 Å². The van der Waals surface area contributed by atoms with Gasteiger partial charge in [-0.1, -0.05) is 36.4 Å². The molecular weight excluding hydrogens is 274 g/mol. The van der Waals surface area contributed by atoms with Crippen LogP contribution in [0.2, 0.25) is 0 Å². The monoisotopic (exact) mass is 297 g/mol. The second-order valence-electron chi connectivity index (χ2n) is 5.95. The van der Waals surface area contributed by atoms with E-state index in [2.05, 4.69) is 45.5 Å². The number of aliphatic hydroxyl groups is 1. The number of likely N-dealkylation sites (tertiary alicyclic amines) is 1. The molecule has 2 aromatic rings. The molecule has 3 rings (SSSR count). The first-order chi connectivity index (χ1) is 10.8. The lowest BCUT2D eigenvalue weighted by Gasteiger charge is -2.24. The molecule has 2 atom stereocenters. The van der Waals surface area contributed by atoms with E-state index in [9.17, 15) is 5.11 Å². The molecule has 0 bridgehead atoms. The van der Waals surface area contributed by atoms with Crippen LogP contribution in [0.4, 0.5) is 0 Å². The number of benzene rings is 1. The molecule has 4 heteroatoms. The summed E-state index contributed by atoms with van der Waals surface area (Å²) in [6.45, 7) is 3.36. The number of nitrogens with zero attached hydrogens (tertiary/aromatic N) is 2. The van der Waals surface area contributed by atoms with Gasteiger partial charge in [0.2, 0.25) is 0 Å². The van der Waals surface area contributed by atoms with Crippen molar-refractivity contribution in [3.05, 3.63) is 66.0 Å². The van der Waals surface area contributed by atoms with E-state index in [0.717, 1.165) is 32.6 Å². The quantitative estimate of drug-likeness (QED) is 0.854. The predicted molar refractivity (Wildman–Crippen MR) is 87.2 cm³/mol. The average Bonchev–Trinajstić information content (AvgIpc) is 2.89. The van der Waals surface area contributed by atoms with Crippen LogP contribution in [0.1, 0.15) is 17.5 Å². The normalized spacial score (nSPS) is 22.0. The third kappa shape index (κ3) is 4.13. The molecular formula is C18H23N3O. The maximum atomic E-state index is 9.98. The topological polar surface area (TPSA) is 48.4 Å². The molecule has 2 unspecified atom stereocenters. The summed E-state index contributed by atoms with van der Waals surface area (Å²) < 4.78 is 0. The standard InChI is InChI=1S/C18H23N3O/c22-18-9-17(12-20-11-16-7-4-8-19-10-16)21(14-18)13-15-5-2-1-3-6-15/h1-8,10,17-18,20,22H,9,11-14H2. The van der Waals surface area contributed by atoms with Crippen LogP contribution < -0.4 is 5.32 Å². The molecule has 1 aromatic heterocycles. The van der Waals surface area contributed by atoms with Crippen molar-refractivity contribution >= 4 is 0 Å². The maximum absolute atomic E-state index is 9.98. The Morgan fingerprint density at radius 2 is 1.95 bits per heavy atom. The highest BCUT2D eigenvalue weighted by Gasteiger charge is 2.30. The molecule has 0 spiro atoms. The van der Waals surface area contributed by atoms with Gasteiger partial charge in [0, 0.05) is 44.6 Å². The summed E-state index contributed by atoms with van der Waals surface area (Å²) in [7, 11) is 0. The van der Waals surface area contributed by atoms with Gasteiger partial charge >= 0.3 is 0 Å². The zero-order valence-corrected chi connectivity index (χ0v) is 12.7. The van der Waals surface area contributed by atoms with Crippen molar-refractivity contribution in [2.24, 2.45) is 0 Å². The summed E-state index contributed by atoms with van der Waals surface area (Å²) in [6.07, 6.45) is 4.30. The van der Waals surface area contributed by atoms with Crippen LogP contribution in [0.3, 0.4) is 0 Å². The van der Waals surface area contributed by atoms with Gasteiger partial charge in [-0.2, -0.15) is 0 Å². The van der Waals surface area contributed by atoms with E-state index in [4.69, 9.17) is 0 Å². The van der Waals surface area contributed by atoms with E-state index in [-0.39, 0.29) is 6.10 Å². The van der Waals surface area contributed by atoms with E-state index in [0.29, 0.717) is 6.04 Å². The Balaban J connectivity index is 1.52. The first-order valence-corrected chi connectivity index (χ1v) is 7.87. The Bertz CT molecular complexity index is 561. The fraction of sp³-hybridized carbons (Fsp3) is 0.389. The van der Waals surface area contributed by atoms with Gasteiger partial charge in [0.1, 0.15) is 0 Å². The fourth-order valence-electron chi connectivity index (χ4n) is 3.07. The summed E-state index contributed by atoms with van der Waals surface area (Å²) in [6, 6.07) is 14.9. The molecule has 0 saturated carbocycles. The van der Waals surface area contributed by atoms with Crippen LogP contribution >= 0.6 is 0 Å². The van der Waals surface area contributed by atoms with Crippen molar-refractivity contribution in [1.82, 2.24) is 15.2 Å². The maximum Gasteiger partial charge on any atom is 0.0682 e. The lowest BCUT2D eigenvalue weighted by molar-refractivity contribution is 0.172. The summed E-state index contributed by atoms with van der Waals surface area (Å²) in [5.41, 5.74) is 2.49. The summed E-state index contributed by atoms with van der Waals surface area (Å²) in [5, 5.41) is 13.5. The number of pyridine rings is 1. The van der Waals surface area contributed by atoms with E-state index in [1.807, 2.05) is 18.3 Å². The van der Waals surface area contributed by atoms with Gasteiger partial charge in [-0.15, -0.1) is 0 Å². The largest absolute Gasteiger partial charge is 0.392 e. The second kappa shape index (κ2) is 7.49. The summed E-state index contributed by atoms with van der Waals surface area (Å²) >= 11 is 0. The SMILES string of the molecule is OC1CC(CNCc2cccnc2)N(Cc2ccccc2)C1. The third-order valence-electron chi connectivity index (χ3n) is 4.17. The van der Waals surface area contributed by atoms with Gasteiger partial charge in [-0.05, 0) is 23.6 Å². The van der Waals surface area contributed by atoms with E-state index < -0.39 is 0 Å². The van der Waals surface area contributed by atoms with Gasteiger partial charge in [-0.3, -0.25) is 9.88 Å². The average molecular weight is 297 g/mol. The molecule has 2 heterocycles. The highest BCUT2D eigenvalue weighted by Crippen LogP contribution is 2.20. The molecule has 0 aliphatic carbocycles. The lowest BCUT2D eigenvalue weighted by Crippen LogP contribution is -2.37. The molecule has 4 nitrogen and oxygen atoms in total. The van der Waals surface area contributed by atoms with Crippen molar-refractivity contribution in [3.63, 3.8) is 0 Å². The lowest BCUT2D eigenvalue weighted by atomic mass is 10.1. The Morgan fingerprint density at radius 1 is 1.14 bits per heavy atom. The van der Waals surface area contributed by atoms with Crippen LogP contribution in [0.25, 0.3) is 0 Å². The molecule has 1 fully saturated rings. The van der Waals surface area contributed by atoms with Gasteiger partial charge in [-0.25, -0.2) is 0 Å².